The maximum absolute atomic E-state index is 6.12. The Bertz CT molecular complexity index is 352. The molecule has 0 spiro atoms. The van der Waals surface area contributed by atoms with Crippen molar-refractivity contribution < 1.29 is 9.47 Å². The number of hydrogen-bond donors (Lipinski definition) is 2. The number of fused-ring (bicyclic) bond motifs is 4. The fourth-order valence-electron chi connectivity index (χ4n) is 4.47. The zero-order valence-corrected chi connectivity index (χ0v) is 14.9. The van der Waals surface area contributed by atoms with Crippen LogP contribution >= 0.6 is 0 Å². The highest BCUT2D eigenvalue weighted by molar-refractivity contribution is 4.85. The summed E-state index contributed by atoms with van der Waals surface area (Å²) >= 11 is 0. The van der Waals surface area contributed by atoms with E-state index in [4.69, 9.17) is 9.47 Å². The van der Waals surface area contributed by atoms with Crippen molar-refractivity contribution >= 4 is 0 Å². The Kier molecular flexibility index (Phi) is 6.75. The molecule has 0 aromatic heterocycles. The summed E-state index contributed by atoms with van der Waals surface area (Å²) in [6, 6.07) is 0. The van der Waals surface area contributed by atoms with Crippen molar-refractivity contribution in [2.24, 2.45) is 11.3 Å². The molecular formula is C19H36N2O2. The van der Waals surface area contributed by atoms with Crippen LogP contribution in [0.3, 0.4) is 0 Å². The third kappa shape index (κ3) is 5.70. The average Bonchev–Trinajstić information content (AvgIpc) is 2.55. The molecule has 23 heavy (non-hydrogen) atoms. The lowest BCUT2D eigenvalue weighted by atomic mass is 9.80. The standard InChI is InChI=1S/C19H36N2O2/c1-19-8-10-21-18(14-19)23-12-3-2-11-22-17-6-4-5-16(13-17)7-9-20-15-19/h16-18,20-21H,2-15H2,1H3. The van der Waals surface area contributed by atoms with Crippen LogP contribution in [0.25, 0.3) is 0 Å². The van der Waals surface area contributed by atoms with Crippen LogP contribution in [-0.2, 0) is 9.47 Å². The highest BCUT2D eigenvalue weighted by Crippen LogP contribution is 2.31. The zero-order valence-electron chi connectivity index (χ0n) is 14.9. The molecule has 2 N–H and O–H groups in total. The Morgan fingerprint density at radius 1 is 0.957 bits per heavy atom. The van der Waals surface area contributed by atoms with Crippen molar-refractivity contribution in [2.45, 2.75) is 77.0 Å². The van der Waals surface area contributed by atoms with Crippen LogP contribution < -0.4 is 10.6 Å². The number of ether oxygens (including phenoxy) is 2. The van der Waals surface area contributed by atoms with Crippen LogP contribution in [0.15, 0.2) is 0 Å². The highest BCUT2D eigenvalue weighted by Gasteiger charge is 2.32. The first-order chi connectivity index (χ1) is 11.2. The maximum atomic E-state index is 6.12. The molecule has 0 radical (unpaired) electrons. The van der Waals surface area contributed by atoms with Crippen LogP contribution in [0.5, 0.6) is 0 Å². The molecule has 2 saturated heterocycles. The zero-order chi connectivity index (χ0) is 16.0. The lowest BCUT2D eigenvalue weighted by Crippen LogP contribution is -2.48. The molecule has 1 aliphatic carbocycles. The van der Waals surface area contributed by atoms with Gasteiger partial charge in [-0.05, 0) is 69.4 Å². The van der Waals surface area contributed by atoms with Gasteiger partial charge < -0.3 is 14.8 Å². The Labute approximate surface area is 142 Å². The second kappa shape index (κ2) is 8.80. The molecule has 3 aliphatic rings. The highest BCUT2D eigenvalue weighted by atomic mass is 16.5. The summed E-state index contributed by atoms with van der Waals surface area (Å²) in [5.74, 6) is 0.867. The van der Waals surface area contributed by atoms with E-state index < -0.39 is 0 Å². The molecule has 4 unspecified atom stereocenters. The monoisotopic (exact) mass is 324 g/mol. The molecule has 4 nitrogen and oxygen atoms in total. The third-order valence-electron chi connectivity index (χ3n) is 6.01. The first kappa shape index (κ1) is 17.7. The SMILES string of the molecule is CC12CCNC(C1)OCCCCOC1CCCC(CCNC2)C1. The molecule has 2 heterocycles. The molecule has 4 bridgehead atoms. The molecule has 0 aromatic rings. The van der Waals surface area contributed by atoms with Crippen molar-refractivity contribution in [3.8, 4) is 0 Å². The quantitative estimate of drug-likeness (QED) is 0.719. The molecule has 4 heteroatoms. The van der Waals surface area contributed by atoms with E-state index in [1.807, 2.05) is 0 Å². The van der Waals surface area contributed by atoms with Gasteiger partial charge in [-0.15, -0.1) is 0 Å². The molecule has 1 saturated carbocycles. The maximum Gasteiger partial charge on any atom is 0.108 e. The van der Waals surface area contributed by atoms with Gasteiger partial charge in [-0.1, -0.05) is 19.8 Å². The van der Waals surface area contributed by atoms with E-state index in [-0.39, 0.29) is 6.23 Å². The number of nitrogens with one attached hydrogen (secondary N) is 2. The minimum Gasteiger partial charge on any atom is -0.378 e. The summed E-state index contributed by atoms with van der Waals surface area (Å²) < 4.78 is 12.2. The smallest absolute Gasteiger partial charge is 0.108 e. The van der Waals surface area contributed by atoms with Gasteiger partial charge in [0.1, 0.15) is 6.23 Å². The summed E-state index contributed by atoms with van der Waals surface area (Å²) in [5.41, 5.74) is 0.380. The average molecular weight is 325 g/mol. The normalized spacial score (nSPS) is 41.3. The Balaban J connectivity index is 1.52. The van der Waals surface area contributed by atoms with E-state index in [0.717, 1.165) is 58.0 Å². The van der Waals surface area contributed by atoms with Gasteiger partial charge >= 0.3 is 0 Å². The minimum absolute atomic E-state index is 0.240. The van der Waals surface area contributed by atoms with E-state index in [1.165, 1.54) is 38.5 Å². The van der Waals surface area contributed by atoms with E-state index in [0.29, 0.717) is 11.5 Å². The van der Waals surface area contributed by atoms with Gasteiger partial charge in [0.05, 0.1) is 6.10 Å². The van der Waals surface area contributed by atoms with E-state index >= 15 is 0 Å². The second-order valence-electron chi connectivity index (χ2n) is 8.28. The number of hydrogen-bond acceptors (Lipinski definition) is 4. The molecule has 3 rings (SSSR count). The summed E-state index contributed by atoms with van der Waals surface area (Å²) in [4.78, 5) is 0. The van der Waals surface area contributed by atoms with Gasteiger partial charge in [0.2, 0.25) is 0 Å². The van der Waals surface area contributed by atoms with Crippen LogP contribution in [0.4, 0.5) is 0 Å². The molecule has 0 aromatic carbocycles. The summed E-state index contributed by atoms with van der Waals surface area (Å²) in [6.07, 6.45) is 12.0. The molecule has 0 amide bonds. The van der Waals surface area contributed by atoms with Crippen LogP contribution in [0.1, 0.15) is 64.7 Å². The topological polar surface area (TPSA) is 42.5 Å². The van der Waals surface area contributed by atoms with E-state index in [1.54, 1.807) is 0 Å². The van der Waals surface area contributed by atoms with Crippen LogP contribution in [0.2, 0.25) is 0 Å². The molecule has 2 aliphatic heterocycles. The first-order valence-electron chi connectivity index (χ1n) is 9.91. The Morgan fingerprint density at radius 2 is 1.83 bits per heavy atom. The van der Waals surface area contributed by atoms with Crippen LogP contribution in [0, 0.1) is 11.3 Å². The van der Waals surface area contributed by atoms with Crippen molar-refractivity contribution in [1.29, 1.82) is 0 Å². The van der Waals surface area contributed by atoms with Gasteiger partial charge in [0, 0.05) is 19.8 Å². The predicted octanol–water partition coefficient (Wildman–Crippen LogP) is 3.07. The van der Waals surface area contributed by atoms with E-state index in [2.05, 4.69) is 17.6 Å². The Hall–Kier alpha value is -0.160. The largest absolute Gasteiger partial charge is 0.378 e. The Morgan fingerprint density at radius 3 is 2.74 bits per heavy atom. The molecular weight excluding hydrogens is 288 g/mol. The van der Waals surface area contributed by atoms with Gasteiger partial charge in [0.25, 0.3) is 0 Å². The summed E-state index contributed by atoms with van der Waals surface area (Å²) in [6.45, 7) is 7.56. The number of piperidine rings is 1. The number of rotatable bonds is 0. The fourth-order valence-corrected chi connectivity index (χ4v) is 4.47. The lowest BCUT2D eigenvalue weighted by Gasteiger charge is -2.39. The van der Waals surface area contributed by atoms with Gasteiger partial charge in [-0.2, -0.15) is 0 Å². The van der Waals surface area contributed by atoms with Gasteiger partial charge in [-0.25, -0.2) is 0 Å². The lowest BCUT2D eigenvalue weighted by molar-refractivity contribution is -0.0326. The van der Waals surface area contributed by atoms with Crippen molar-refractivity contribution in [3.63, 3.8) is 0 Å². The predicted molar refractivity (Wildman–Crippen MR) is 93.5 cm³/mol. The van der Waals surface area contributed by atoms with Crippen molar-refractivity contribution in [2.75, 3.05) is 32.8 Å². The van der Waals surface area contributed by atoms with Crippen molar-refractivity contribution in [3.05, 3.63) is 0 Å². The van der Waals surface area contributed by atoms with Crippen molar-refractivity contribution in [1.82, 2.24) is 10.6 Å². The molecule has 4 atom stereocenters. The second-order valence-corrected chi connectivity index (χ2v) is 8.28. The van der Waals surface area contributed by atoms with Gasteiger partial charge in [0.15, 0.2) is 0 Å². The summed E-state index contributed by atoms with van der Waals surface area (Å²) in [5, 5.41) is 7.27. The van der Waals surface area contributed by atoms with Crippen LogP contribution in [-0.4, -0.2) is 45.2 Å². The van der Waals surface area contributed by atoms with Gasteiger partial charge in [-0.3, -0.25) is 5.32 Å². The third-order valence-corrected chi connectivity index (χ3v) is 6.01. The molecule has 3 fully saturated rings. The van der Waals surface area contributed by atoms with E-state index in [9.17, 15) is 0 Å². The summed E-state index contributed by atoms with van der Waals surface area (Å²) in [7, 11) is 0. The first-order valence-corrected chi connectivity index (χ1v) is 9.91. The molecule has 134 valence electrons. The minimum atomic E-state index is 0.240. The fraction of sp³-hybridized carbons (Fsp3) is 1.00.